The van der Waals surface area contributed by atoms with Crippen LogP contribution in [0.2, 0.25) is 10.0 Å². The van der Waals surface area contributed by atoms with Gasteiger partial charge in [0.25, 0.3) is 0 Å². The van der Waals surface area contributed by atoms with Crippen molar-refractivity contribution in [2.45, 2.75) is 0 Å². The van der Waals surface area contributed by atoms with Crippen molar-refractivity contribution in [1.29, 1.82) is 0 Å². The standard InChI is InChI=1S/C16H9Cl2N3/c1-19-16(6-10-8-20-5-4-14(10)18)13-9-21-15-3-2-11(17)7-12(13)15/h2-9,21H/b16-6-. The summed E-state index contributed by atoms with van der Waals surface area (Å²) in [5, 5.41) is 2.10. The minimum absolute atomic E-state index is 0.485. The zero-order valence-corrected chi connectivity index (χ0v) is 12.3. The molecule has 3 nitrogen and oxygen atoms in total. The molecule has 0 unspecified atom stereocenters. The van der Waals surface area contributed by atoms with Crippen LogP contribution in [0.1, 0.15) is 11.1 Å². The van der Waals surface area contributed by atoms with Crippen LogP contribution in [-0.4, -0.2) is 9.97 Å². The number of rotatable bonds is 2. The number of hydrogen-bond acceptors (Lipinski definition) is 1. The summed E-state index contributed by atoms with van der Waals surface area (Å²) >= 11 is 12.2. The molecule has 1 aromatic carbocycles. The molecule has 0 saturated carbocycles. The van der Waals surface area contributed by atoms with Gasteiger partial charge in [0.15, 0.2) is 5.70 Å². The molecule has 0 bridgehead atoms. The van der Waals surface area contributed by atoms with Gasteiger partial charge in [0.2, 0.25) is 0 Å². The second-order valence-electron chi connectivity index (χ2n) is 4.43. The van der Waals surface area contributed by atoms with Crippen molar-refractivity contribution in [3.05, 3.63) is 75.4 Å². The van der Waals surface area contributed by atoms with Crippen LogP contribution in [0.15, 0.2) is 42.9 Å². The van der Waals surface area contributed by atoms with E-state index in [1.165, 1.54) is 0 Å². The lowest BCUT2D eigenvalue weighted by Crippen LogP contribution is -1.81. The lowest BCUT2D eigenvalue weighted by Gasteiger charge is -2.00. The second-order valence-corrected chi connectivity index (χ2v) is 5.27. The van der Waals surface area contributed by atoms with Gasteiger partial charge in [-0.25, -0.2) is 4.85 Å². The summed E-state index contributed by atoms with van der Waals surface area (Å²) in [4.78, 5) is 10.8. The van der Waals surface area contributed by atoms with E-state index in [2.05, 4.69) is 14.8 Å². The van der Waals surface area contributed by atoms with E-state index in [1.807, 2.05) is 18.2 Å². The van der Waals surface area contributed by atoms with Crippen molar-refractivity contribution in [2.75, 3.05) is 0 Å². The van der Waals surface area contributed by atoms with Crippen LogP contribution >= 0.6 is 23.2 Å². The summed E-state index contributed by atoms with van der Waals surface area (Å²) in [5.74, 6) is 0. The molecule has 2 heterocycles. The zero-order chi connectivity index (χ0) is 14.8. The number of H-pyrrole nitrogens is 1. The van der Waals surface area contributed by atoms with Crippen LogP contribution in [0.5, 0.6) is 0 Å². The number of nitrogens with zero attached hydrogens (tertiary/aromatic N) is 2. The fourth-order valence-corrected chi connectivity index (χ4v) is 2.45. The molecule has 102 valence electrons. The number of benzene rings is 1. The molecule has 21 heavy (non-hydrogen) atoms. The first-order valence-corrected chi connectivity index (χ1v) is 6.90. The van der Waals surface area contributed by atoms with Crippen LogP contribution in [-0.2, 0) is 0 Å². The number of aromatic nitrogens is 2. The largest absolute Gasteiger partial charge is 0.362 e. The van der Waals surface area contributed by atoms with Gasteiger partial charge in [-0.05, 0) is 41.9 Å². The topological polar surface area (TPSA) is 33.0 Å². The van der Waals surface area contributed by atoms with E-state index in [9.17, 15) is 0 Å². The van der Waals surface area contributed by atoms with Crippen LogP contribution < -0.4 is 0 Å². The predicted molar refractivity (Wildman–Crippen MR) is 87.0 cm³/mol. The molecule has 0 atom stereocenters. The van der Waals surface area contributed by atoms with E-state index in [0.717, 1.165) is 16.5 Å². The molecular formula is C16H9Cl2N3. The Morgan fingerprint density at radius 1 is 1.29 bits per heavy atom. The average molecular weight is 314 g/mol. The minimum Gasteiger partial charge on any atom is -0.362 e. The summed E-state index contributed by atoms with van der Waals surface area (Å²) < 4.78 is 0. The van der Waals surface area contributed by atoms with Crippen LogP contribution in [0.25, 0.3) is 27.5 Å². The second kappa shape index (κ2) is 5.61. The Morgan fingerprint density at radius 2 is 2.14 bits per heavy atom. The van der Waals surface area contributed by atoms with E-state index >= 15 is 0 Å². The van der Waals surface area contributed by atoms with Gasteiger partial charge in [-0.15, -0.1) is 0 Å². The summed E-state index contributed by atoms with van der Waals surface area (Å²) in [6.07, 6.45) is 6.78. The smallest absolute Gasteiger partial charge is 0.197 e. The predicted octanol–water partition coefficient (Wildman–Crippen LogP) is 5.29. The Hall–Kier alpha value is -2.28. The summed E-state index contributed by atoms with van der Waals surface area (Å²) in [7, 11) is 0. The van der Waals surface area contributed by atoms with Gasteiger partial charge in [0, 0.05) is 39.1 Å². The number of pyridine rings is 1. The molecule has 0 fully saturated rings. The maximum atomic E-state index is 7.43. The van der Waals surface area contributed by atoms with Crippen LogP contribution in [0, 0.1) is 6.57 Å². The molecule has 0 radical (unpaired) electrons. The molecule has 1 N–H and O–H groups in total. The van der Waals surface area contributed by atoms with Crippen LogP contribution in [0.3, 0.4) is 0 Å². The van der Waals surface area contributed by atoms with Crippen molar-refractivity contribution in [3.8, 4) is 0 Å². The average Bonchev–Trinajstić information content (AvgIpc) is 2.89. The first kappa shape index (κ1) is 13.7. The highest BCUT2D eigenvalue weighted by Crippen LogP contribution is 2.30. The normalized spacial score (nSPS) is 11.6. The molecule has 0 amide bonds. The highest BCUT2D eigenvalue weighted by Gasteiger charge is 2.10. The van der Waals surface area contributed by atoms with Gasteiger partial charge in [0.05, 0.1) is 6.57 Å². The fourth-order valence-electron chi connectivity index (χ4n) is 2.12. The third kappa shape index (κ3) is 2.64. The third-order valence-electron chi connectivity index (χ3n) is 3.13. The molecule has 3 rings (SSSR count). The molecule has 0 saturated heterocycles. The number of aromatic amines is 1. The monoisotopic (exact) mass is 313 g/mol. The van der Waals surface area contributed by atoms with E-state index < -0.39 is 0 Å². The van der Waals surface area contributed by atoms with Gasteiger partial charge in [0.1, 0.15) is 0 Å². The quantitative estimate of drug-likeness (QED) is 0.641. The molecule has 5 heteroatoms. The Kier molecular flexibility index (Phi) is 3.66. The molecule has 2 aromatic heterocycles. The van der Waals surface area contributed by atoms with Gasteiger partial charge < -0.3 is 4.98 Å². The third-order valence-corrected chi connectivity index (χ3v) is 3.71. The Bertz CT molecular complexity index is 888. The van der Waals surface area contributed by atoms with Gasteiger partial charge in [-0.2, -0.15) is 0 Å². The molecule has 0 aliphatic heterocycles. The fraction of sp³-hybridized carbons (Fsp3) is 0. The minimum atomic E-state index is 0.485. The number of nitrogens with one attached hydrogen (secondary N) is 1. The first-order valence-electron chi connectivity index (χ1n) is 6.14. The summed E-state index contributed by atoms with van der Waals surface area (Å²) in [6, 6.07) is 7.23. The Labute approximate surface area is 131 Å². The van der Waals surface area contributed by atoms with E-state index in [4.69, 9.17) is 29.8 Å². The highest BCUT2D eigenvalue weighted by atomic mass is 35.5. The van der Waals surface area contributed by atoms with E-state index in [-0.39, 0.29) is 0 Å². The maximum absolute atomic E-state index is 7.43. The first-order chi connectivity index (χ1) is 10.2. The van der Waals surface area contributed by atoms with Crippen molar-refractivity contribution < 1.29 is 0 Å². The SMILES string of the molecule is [C-]#[N+]/C(=C\c1cnccc1Cl)c1c[nH]c2ccc(Cl)cc12. The van der Waals surface area contributed by atoms with E-state index in [0.29, 0.717) is 21.3 Å². The molecule has 0 aliphatic carbocycles. The van der Waals surface area contributed by atoms with Crippen molar-refractivity contribution in [3.63, 3.8) is 0 Å². The molecular weight excluding hydrogens is 305 g/mol. The summed E-state index contributed by atoms with van der Waals surface area (Å²) in [5.41, 5.74) is 2.92. The maximum Gasteiger partial charge on any atom is 0.197 e. The number of hydrogen-bond donors (Lipinski definition) is 1. The van der Waals surface area contributed by atoms with Crippen molar-refractivity contribution >= 4 is 45.9 Å². The Balaban J connectivity index is 2.18. The lowest BCUT2D eigenvalue weighted by molar-refractivity contribution is 1.32. The zero-order valence-electron chi connectivity index (χ0n) is 10.8. The van der Waals surface area contributed by atoms with E-state index in [1.54, 1.807) is 30.7 Å². The van der Waals surface area contributed by atoms with Crippen molar-refractivity contribution in [2.24, 2.45) is 0 Å². The Morgan fingerprint density at radius 3 is 2.90 bits per heavy atom. The van der Waals surface area contributed by atoms with Crippen molar-refractivity contribution in [1.82, 2.24) is 9.97 Å². The molecule has 0 spiro atoms. The highest BCUT2D eigenvalue weighted by molar-refractivity contribution is 6.32. The lowest BCUT2D eigenvalue weighted by atomic mass is 10.1. The van der Waals surface area contributed by atoms with Gasteiger partial charge in [-0.3, -0.25) is 4.98 Å². The molecule has 0 aliphatic rings. The number of halogens is 2. The van der Waals surface area contributed by atoms with Crippen LogP contribution in [0.4, 0.5) is 0 Å². The van der Waals surface area contributed by atoms with Gasteiger partial charge in [-0.1, -0.05) is 23.2 Å². The number of fused-ring (bicyclic) bond motifs is 1. The summed E-state index contributed by atoms with van der Waals surface area (Å²) in [6.45, 7) is 7.43. The van der Waals surface area contributed by atoms with Gasteiger partial charge >= 0.3 is 0 Å². The molecule has 3 aromatic rings.